The van der Waals surface area contributed by atoms with Crippen molar-refractivity contribution < 1.29 is 10.0 Å². The molecule has 5 nitrogen and oxygen atoms in total. The number of hydrogen-bond donors (Lipinski definition) is 2. The Morgan fingerprint density at radius 3 is 2.67 bits per heavy atom. The normalized spacial score (nSPS) is 14.2. The number of nitro benzene ring substituents is 1. The molecule has 100 valence electrons. The SMILES string of the molecule is CC(O)CC(C)NCc1ccc([N+](=O)[O-])cc1Cl. The predicted octanol–water partition coefficient (Wildman–Crippen LogP) is 2.50. The first-order valence-corrected chi connectivity index (χ1v) is 6.12. The molecule has 2 N–H and O–H groups in total. The van der Waals surface area contributed by atoms with Gasteiger partial charge in [0, 0.05) is 24.7 Å². The molecule has 0 aliphatic heterocycles. The molecule has 0 saturated heterocycles. The van der Waals surface area contributed by atoms with Crippen molar-refractivity contribution in [3.63, 3.8) is 0 Å². The molecule has 0 fully saturated rings. The van der Waals surface area contributed by atoms with Crippen molar-refractivity contribution in [2.75, 3.05) is 0 Å². The molecular formula is C12H17ClN2O3. The Morgan fingerprint density at radius 1 is 1.50 bits per heavy atom. The van der Waals surface area contributed by atoms with Crippen LogP contribution in [0.4, 0.5) is 5.69 Å². The number of non-ortho nitro benzene ring substituents is 1. The van der Waals surface area contributed by atoms with E-state index >= 15 is 0 Å². The van der Waals surface area contributed by atoms with Gasteiger partial charge < -0.3 is 10.4 Å². The number of nitrogens with one attached hydrogen (secondary N) is 1. The van der Waals surface area contributed by atoms with Gasteiger partial charge in [0.1, 0.15) is 0 Å². The molecule has 0 saturated carbocycles. The lowest BCUT2D eigenvalue weighted by Gasteiger charge is -2.15. The lowest BCUT2D eigenvalue weighted by atomic mass is 10.1. The van der Waals surface area contributed by atoms with E-state index in [0.717, 1.165) is 5.56 Å². The number of halogens is 1. The Hall–Kier alpha value is -1.17. The van der Waals surface area contributed by atoms with Crippen molar-refractivity contribution in [2.45, 2.75) is 39.0 Å². The molecule has 6 heteroatoms. The lowest BCUT2D eigenvalue weighted by Crippen LogP contribution is -2.28. The van der Waals surface area contributed by atoms with Crippen molar-refractivity contribution in [1.82, 2.24) is 5.32 Å². The fourth-order valence-corrected chi connectivity index (χ4v) is 1.91. The van der Waals surface area contributed by atoms with Crippen LogP contribution in [0.25, 0.3) is 0 Å². The van der Waals surface area contributed by atoms with E-state index in [1.165, 1.54) is 12.1 Å². The maximum atomic E-state index is 10.6. The van der Waals surface area contributed by atoms with Gasteiger partial charge in [-0.05, 0) is 31.9 Å². The number of nitrogens with zero attached hydrogens (tertiary/aromatic N) is 1. The number of hydrogen-bond acceptors (Lipinski definition) is 4. The lowest BCUT2D eigenvalue weighted by molar-refractivity contribution is -0.384. The van der Waals surface area contributed by atoms with E-state index in [2.05, 4.69) is 5.32 Å². The Bertz CT molecular complexity index is 424. The molecule has 1 rings (SSSR count). The van der Waals surface area contributed by atoms with Crippen molar-refractivity contribution in [2.24, 2.45) is 0 Å². The zero-order valence-electron chi connectivity index (χ0n) is 10.4. The third-order valence-corrected chi connectivity index (χ3v) is 2.93. The van der Waals surface area contributed by atoms with Crippen LogP contribution in [0.5, 0.6) is 0 Å². The molecule has 0 aliphatic carbocycles. The highest BCUT2D eigenvalue weighted by Crippen LogP contribution is 2.22. The molecule has 0 spiro atoms. The zero-order chi connectivity index (χ0) is 13.7. The van der Waals surface area contributed by atoms with Gasteiger partial charge in [-0.1, -0.05) is 11.6 Å². The molecule has 0 amide bonds. The molecule has 0 aliphatic rings. The highest BCUT2D eigenvalue weighted by molar-refractivity contribution is 6.31. The Morgan fingerprint density at radius 2 is 2.17 bits per heavy atom. The van der Waals surface area contributed by atoms with Crippen LogP contribution in [0.2, 0.25) is 5.02 Å². The van der Waals surface area contributed by atoms with Crippen LogP contribution in [0.15, 0.2) is 18.2 Å². The summed E-state index contributed by atoms with van der Waals surface area (Å²) in [6.45, 7) is 4.22. The van der Waals surface area contributed by atoms with E-state index in [0.29, 0.717) is 18.0 Å². The van der Waals surface area contributed by atoms with Gasteiger partial charge in [-0.15, -0.1) is 0 Å². The highest BCUT2D eigenvalue weighted by Gasteiger charge is 2.10. The Kier molecular flexibility index (Phi) is 5.53. The van der Waals surface area contributed by atoms with Gasteiger partial charge in [-0.3, -0.25) is 10.1 Å². The monoisotopic (exact) mass is 272 g/mol. The Balaban J connectivity index is 2.60. The average Bonchev–Trinajstić information content (AvgIpc) is 2.26. The second kappa shape index (κ2) is 6.68. The van der Waals surface area contributed by atoms with Crippen LogP contribution in [0, 0.1) is 10.1 Å². The van der Waals surface area contributed by atoms with E-state index in [1.807, 2.05) is 6.92 Å². The molecule has 1 aromatic carbocycles. The summed E-state index contributed by atoms with van der Waals surface area (Å²) in [7, 11) is 0. The van der Waals surface area contributed by atoms with Crippen molar-refractivity contribution in [3.8, 4) is 0 Å². The van der Waals surface area contributed by atoms with Gasteiger partial charge in [0.25, 0.3) is 5.69 Å². The van der Waals surface area contributed by atoms with Gasteiger partial charge in [-0.2, -0.15) is 0 Å². The smallest absolute Gasteiger partial charge is 0.270 e. The van der Waals surface area contributed by atoms with E-state index < -0.39 is 4.92 Å². The van der Waals surface area contributed by atoms with Crippen molar-refractivity contribution >= 4 is 17.3 Å². The standard InChI is InChI=1S/C12H17ClN2O3/c1-8(5-9(2)16)14-7-10-3-4-11(15(17)18)6-12(10)13/h3-4,6,8-9,14,16H,5,7H2,1-2H3. The van der Waals surface area contributed by atoms with Crippen LogP contribution >= 0.6 is 11.6 Å². The first-order valence-electron chi connectivity index (χ1n) is 5.74. The van der Waals surface area contributed by atoms with Crippen LogP contribution in [-0.2, 0) is 6.54 Å². The summed E-state index contributed by atoms with van der Waals surface area (Å²) < 4.78 is 0. The van der Waals surface area contributed by atoms with Gasteiger partial charge in [0.2, 0.25) is 0 Å². The summed E-state index contributed by atoms with van der Waals surface area (Å²) in [5.41, 5.74) is 0.792. The van der Waals surface area contributed by atoms with Crippen LogP contribution in [-0.4, -0.2) is 22.2 Å². The van der Waals surface area contributed by atoms with Gasteiger partial charge in [0.05, 0.1) is 16.0 Å². The third kappa shape index (κ3) is 4.60. The summed E-state index contributed by atoms with van der Waals surface area (Å²) in [6, 6.07) is 4.57. The van der Waals surface area contributed by atoms with E-state index in [4.69, 9.17) is 11.6 Å². The maximum Gasteiger partial charge on any atom is 0.270 e. The molecule has 0 bridgehead atoms. The molecular weight excluding hydrogens is 256 g/mol. The summed E-state index contributed by atoms with van der Waals surface area (Å²) in [6.07, 6.45) is 0.282. The second-order valence-electron chi connectivity index (χ2n) is 4.40. The van der Waals surface area contributed by atoms with Gasteiger partial charge in [0.15, 0.2) is 0 Å². The summed E-state index contributed by atoms with van der Waals surface area (Å²) in [5, 5.41) is 23.4. The minimum Gasteiger partial charge on any atom is -0.393 e. The largest absolute Gasteiger partial charge is 0.393 e. The van der Waals surface area contributed by atoms with Crippen molar-refractivity contribution in [3.05, 3.63) is 38.9 Å². The second-order valence-corrected chi connectivity index (χ2v) is 4.81. The average molecular weight is 273 g/mol. The van der Waals surface area contributed by atoms with Crippen LogP contribution in [0.1, 0.15) is 25.8 Å². The first-order chi connectivity index (χ1) is 8.40. The molecule has 0 aromatic heterocycles. The molecule has 2 unspecified atom stereocenters. The minimum atomic E-state index is -0.473. The zero-order valence-corrected chi connectivity index (χ0v) is 11.1. The molecule has 1 aromatic rings. The quantitative estimate of drug-likeness (QED) is 0.616. The summed E-state index contributed by atoms with van der Waals surface area (Å²) in [5.74, 6) is 0. The fraction of sp³-hybridized carbons (Fsp3) is 0.500. The van der Waals surface area contributed by atoms with Gasteiger partial charge in [-0.25, -0.2) is 0 Å². The predicted molar refractivity (Wildman–Crippen MR) is 70.7 cm³/mol. The maximum absolute atomic E-state index is 10.6. The number of rotatable bonds is 6. The molecule has 18 heavy (non-hydrogen) atoms. The molecule has 0 heterocycles. The first kappa shape index (κ1) is 14.9. The van der Waals surface area contributed by atoms with Gasteiger partial charge >= 0.3 is 0 Å². The van der Waals surface area contributed by atoms with E-state index in [9.17, 15) is 15.2 Å². The van der Waals surface area contributed by atoms with Crippen molar-refractivity contribution in [1.29, 1.82) is 0 Å². The number of nitro groups is 1. The molecule has 0 radical (unpaired) electrons. The van der Waals surface area contributed by atoms with E-state index in [-0.39, 0.29) is 17.8 Å². The van der Waals surface area contributed by atoms with Crippen LogP contribution in [0.3, 0.4) is 0 Å². The highest BCUT2D eigenvalue weighted by atomic mass is 35.5. The van der Waals surface area contributed by atoms with E-state index in [1.54, 1.807) is 13.0 Å². The minimum absolute atomic E-state index is 0.0132. The fourth-order valence-electron chi connectivity index (χ4n) is 1.67. The third-order valence-electron chi connectivity index (χ3n) is 2.58. The number of aliphatic hydroxyl groups is 1. The topological polar surface area (TPSA) is 75.4 Å². The Labute approximate surface area is 111 Å². The summed E-state index contributed by atoms with van der Waals surface area (Å²) in [4.78, 5) is 10.1. The number of benzene rings is 1. The molecule has 2 atom stereocenters. The summed E-state index contributed by atoms with van der Waals surface area (Å²) >= 11 is 5.97. The number of aliphatic hydroxyl groups excluding tert-OH is 1. The van der Waals surface area contributed by atoms with Crippen LogP contribution < -0.4 is 5.32 Å².